The highest BCUT2D eigenvalue weighted by atomic mass is 19.4. The number of rotatable bonds is 3. The van der Waals surface area contributed by atoms with Crippen LogP contribution in [0.2, 0.25) is 0 Å². The number of aromatic nitrogens is 2. The first-order valence-corrected chi connectivity index (χ1v) is 7.44. The molecule has 0 aliphatic heterocycles. The first kappa shape index (κ1) is 16.8. The van der Waals surface area contributed by atoms with Crippen LogP contribution in [-0.2, 0) is 11.0 Å². The number of H-pyrrole nitrogens is 1. The summed E-state index contributed by atoms with van der Waals surface area (Å²) in [4.78, 5) is 18.6. The van der Waals surface area contributed by atoms with Gasteiger partial charge in [-0.15, -0.1) is 0 Å². The molecule has 0 saturated heterocycles. The van der Waals surface area contributed by atoms with Gasteiger partial charge < -0.3 is 10.3 Å². The van der Waals surface area contributed by atoms with Gasteiger partial charge in [-0.05, 0) is 48.9 Å². The Morgan fingerprint density at radius 1 is 1.20 bits per heavy atom. The van der Waals surface area contributed by atoms with Crippen molar-refractivity contribution in [3.05, 3.63) is 65.6 Å². The third-order valence-electron chi connectivity index (χ3n) is 3.65. The number of aryl methyl sites for hydroxylation is 1. The maximum Gasteiger partial charge on any atom is 0.433 e. The second-order valence-electron chi connectivity index (χ2n) is 5.47. The SMILES string of the molecule is Cc1nc(C(F)(F)F)ccc1/C=C/C(=O)Nc1ccc2[nH]ccc2c1. The molecule has 1 amide bonds. The molecule has 3 aromatic rings. The van der Waals surface area contributed by atoms with Crippen LogP contribution < -0.4 is 5.32 Å². The largest absolute Gasteiger partial charge is 0.433 e. The van der Waals surface area contributed by atoms with Crippen LogP contribution in [0.25, 0.3) is 17.0 Å². The molecule has 2 heterocycles. The molecule has 0 bridgehead atoms. The van der Waals surface area contributed by atoms with Crippen LogP contribution in [0.5, 0.6) is 0 Å². The van der Waals surface area contributed by atoms with Crippen molar-refractivity contribution < 1.29 is 18.0 Å². The highest BCUT2D eigenvalue weighted by molar-refractivity contribution is 6.03. The summed E-state index contributed by atoms with van der Waals surface area (Å²) < 4.78 is 37.8. The zero-order valence-corrected chi connectivity index (χ0v) is 13.2. The van der Waals surface area contributed by atoms with E-state index in [2.05, 4.69) is 15.3 Å². The molecule has 7 heteroatoms. The molecule has 0 fully saturated rings. The van der Waals surface area contributed by atoms with Crippen molar-refractivity contribution in [3.63, 3.8) is 0 Å². The van der Waals surface area contributed by atoms with Gasteiger partial charge in [-0.3, -0.25) is 4.79 Å². The third-order valence-corrected chi connectivity index (χ3v) is 3.65. The summed E-state index contributed by atoms with van der Waals surface area (Å²) in [6, 6.07) is 9.50. The Morgan fingerprint density at radius 2 is 2.00 bits per heavy atom. The van der Waals surface area contributed by atoms with Crippen molar-refractivity contribution in [2.45, 2.75) is 13.1 Å². The second-order valence-corrected chi connectivity index (χ2v) is 5.47. The van der Waals surface area contributed by atoms with Crippen LogP contribution in [0, 0.1) is 6.92 Å². The van der Waals surface area contributed by atoms with Gasteiger partial charge in [0.2, 0.25) is 5.91 Å². The third kappa shape index (κ3) is 3.88. The summed E-state index contributed by atoms with van der Waals surface area (Å²) in [7, 11) is 0. The summed E-state index contributed by atoms with van der Waals surface area (Å²) in [5.74, 6) is -0.380. The number of hydrogen-bond donors (Lipinski definition) is 2. The number of carbonyl (C=O) groups excluding carboxylic acids is 1. The van der Waals surface area contributed by atoms with Crippen molar-refractivity contribution in [2.75, 3.05) is 5.32 Å². The van der Waals surface area contributed by atoms with Crippen molar-refractivity contribution in [2.24, 2.45) is 0 Å². The second kappa shape index (κ2) is 6.43. The van der Waals surface area contributed by atoms with Crippen LogP contribution in [0.1, 0.15) is 17.0 Å². The van der Waals surface area contributed by atoms with E-state index in [4.69, 9.17) is 0 Å². The number of carbonyl (C=O) groups is 1. The summed E-state index contributed by atoms with van der Waals surface area (Å²) in [5.41, 5.74) is 1.28. The van der Waals surface area contributed by atoms with Gasteiger partial charge in [0, 0.05) is 34.6 Å². The molecular weight excluding hydrogens is 331 g/mol. The Balaban J connectivity index is 1.71. The predicted octanol–water partition coefficient (Wildman–Crippen LogP) is 4.54. The van der Waals surface area contributed by atoms with Crippen LogP contribution in [-0.4, -0.2) is 15.9 Å². The van der Waals surface area contributed by atoms with Gasteiger partial charge in [-0.2, -0.15) is 13.2 Å². The molecule has 1 aromatic carbocycles. The summed E-state index contributed by atoms with van der Waals surface area (Å²) in [6.07, 6.45) is 0.0169. The van der Waals surface area contributed by atoms with Gasteiger partial charge >= 0.3 is 6.18 Å². The topological polar surface area (TPSA) is 57.8 Å². The normalized spacial score (nSPS) is 12.0. The Bertz CT molecular complexity index is 958. The number of nitrogens with zero attached hydrogens (tertiary/aromatic N) is 1. The average Bonchev–Trinajstić information content (AvgIpc) is 3.00. The van der Waals surface area contributed by atoms with Gasteiger partial charge in [-0.1, -0.05) is 6.07 Å². The molecule has 0 atom stereocenters. The minimum Gasteiger partial charge on any atom is -0.361 e. The van der Waals surface area contributed by atoms with Crippen molar-refractivity contribution in [1.82, 2.24) is 9.97 Å². The summed E-state index contributed by atoms with van der Waals surface area (Å²) in [6.45, 7) is 1.46. The molecule has 2 aromatic heterocycles. The van der Waals surface area contributed by atoms with Crippen LogP contribution in [0.15, 0.2) is 48.7 Å². The first-order chi connectivity index (χ1) is 11.8. The van der Waals surface area contributed by atoms with E-state index in [1.807, 2.05) is 18.2 Å². The number of fused-ring (bicyclic) bond motifs is 1. The lowest BCUT2D eigenvalue weighted by Crippen LogP contribution is -2.09. The Hall–Kier alpha value is -3.09. The van der Waals surface area contributed by atoms with Gasteiger partial charge in [0.15, 0.2) is 0 Å². The molecule has 2 N–H and O–H groups in total. The minimum absolute atomic E-state index is 0.201. The van der Waals surface area contributed by atoms with E-state index in [0.29, 0.717) is 11.3 Å². The number of hydrogen-bond acceptors (Lipinski definition) is 2. The van der Waals surface area contributed by atoms with E-state index in [0.717, 1.165) is 17.0 Å². The number of halogens is 3. The number of amides is 1. The van der Waals surface area contributed by atoms with Crippen LogP contribution in [0.3, 0.4) is 0 Å². The first-order valence-electron chi connectivity index (χ1n) is 7.44. The van der Waals surface area contributed by atoms with Crippen molar-refractivity contribution in [3.8, 4) is 0 Å². The zero-order valence-electron chi connectivity index (χ0n) is 13.2. The van der Waals surface area contributed by atoms with Gasteiger partial charge in [0.05, 0.1) is 0 Å². The molecule has 0 aliphatic rings. The fourth-order valence-electron chi connectivity index (χ4n) is 2.39. The number of aromatic amines is 1. The highest BCUT2D eigenvalue weighted by Crippen LogP contribution is 2.28. The highest BCUT2D eigenvalue weighted by Gasteiger charge is 2.32. The van der Waals surface area contributed by atoms with Crippen molar-refractivity contribution in [1.29, 1.82) is 0 Å². The minimum atomic E-state index is -4.48. The van der Waals surface area contributed by atoms with E-state index in [1.165, 1.54) is 25.1 Å². The smallest absolute Gasteiger partial charge is 0.361 e. The average molecular weight is 345 g/mol. The van der Waals surface area contributed by atoms with E-state index in [1.54, 1.807) is 12.3 Å². The number of anilines is 1. The molecule has 0 aliphatic carbocycles. The number of pyridine rings is 1. The number of nitrogens with one attached hydrogen (secondary N) is 2. The van der Waals surface area contributed by atoms with Crippen LogP contribution in [0.4, 0.5) is 18.9 Å². The lowest BCUT2D eigenvalue weighted by molar-refractivity contribution is -0.141. The summed E-state index contributed by atoms with van der Waals surface area (Å²) >= 11 is 0. The lowest BCUT2D eigenvalue weighted by Gasteiger charge is -2.08. The Labute approximate surface area is 141 Å². The molecule has 0 radical (unpaired) electrons. The van der Waals surface area contributed by atoms with E-state index < -0.39 is 11.9 Å². The molecule has 128 valence electrons. The molecule has 0 saturated carbocycles. The fraction of sp³-hybridized carbons (Fsp3) is 0.111. The maximum atomic E-state index is 12.6. The monoisotopic (exact) mass is 345 g/mol. The predicted molar refractivity (Wildman–Crippen MR) is 89.9 cm³/mol. The fourth-order valence-corrected chi connectivity index (χ4v) is 2.39. The molecule has 0 spiro atoms. The Morgan fingerprint density at radius 3 is 2.72 bits per heavy atom. The number of benzene rings is 1. The van der Waals surface area contributed by atoms with E-state index in [9.17, 15) is 18.0 Å². The van der Waals surface area contributed by atoms with Gasteiger partial charge in [0.25, 0.3) is 0 Å². The molecule has 3 rings (SSSR count). The van der Waals surface area contributed by atoms with E-state index in [-0.39, 0.29) is 11.6 Å². The van der Waals surface area contributed by atoms with Gasteiger partial charge in [-0.25, -0.2) is 4.98 Å². The van der Waals surface area contributed by atoms with Crippen LogP contribution >= 0.6 is 0 Å². The Kier molecular flexibility index (Phi) is 4.31. The molecule has 0 unspecified atom stereocenters. The zero-order chi connectivity index (χ0) is 18.0. The number of alkyl halides is 3. The molecule has 4 nitrogen and oxygen atoms in total. The standard InChI is InChI=1S/C18H14F3N3O/c1-11-12(2-6-16(23-11)18(19,20)21)3-7-17(25)24-14-4-5-15-13(10-14)8-9-22-15/h2-10,22H,1H3,(H,24,25)/b7-3+. The lowest BCUT2D eigenvalue weighted by atomic mass is 10.1. The quantitative estimate of drug-likeness (QED) is 0.685. The van der Waals surface area contributed by atoms with E-state index >= 15 is 0 Å². The van der Waals surface area contributed by atoms with Gasteiger partial charge in [0.1, 0.15) is 5.69 Å². The van der Waals surface area contributed by atoms with Crippen molar-refractivity contribution >= 4 is 28.6 Å². The molecular formula is C18H14F3N3O. The molecule has 25 heavy (non-hydrogen) atoms. The maximum absolute atomic E-state index is 12.6. The summed E-state index contributed by atoms with van der Waals surface area (Å²) in [5, 5.41) is 3.67.